The first kappa shape index (κ1) is 16.2. The standard InChI is InChI=1S/C21H21N3O3/c1-21(2)13-9-14-15(10-16(13)24(3)20(21)25)23-19(22-14)7-5-12-4-6-17-18(8-12)27-11-26-17/h4,6,8-10H,5,7,11H2,1-3H3,(H,22,23). The van der Waals surface area contributed by atoms with Crippen molar-refractivity contribution in [2.24, 2.45) is 0 Å². The van der Waals surface area contributed by atoms with Crippen molar-refractivity contribution in [2.75, 3.05) is 18.7 Å². The molecule has 2 aromatic carbocycles. The van der Waals surface area contributed by atoms with E-state index < -0.39 is 5.41 Å². The number of imidazole rings is 1. The van der Waals surface area contributed by atoms with E-state index in [0.29, 0.717) is 6.79 Å². The van der Waals surface area contributed by atoms with Gasteiger partial charge in [0.25, 0.3) is 0 Å². The van der Waals surface area contributed by atoms with E-state index in [0.717, 1.165) is 52.4 Å². The fraction of sp³-hybridized carbons (Fsp3) is 0.333. The maximum absolute atomic E-state index is 12.5. The van der Waals surface area contributed by atoms with Crippen LogP contribution < -0.4 is 14.4 Å². The quantitative estimate of drug-likeness (QED) is 0.775. The summed E-state index contributed by atoms with van der Waals surface area (Å²) in [6, 6.07) is 10.1. The molecule has 0 fully saturated rings. The molecule has 1 aromatic heterocycles. The number of amides is 1. The summed E-state index contributed by atoms with van der Waals surface area (Å²) in [5, 5.41) is 0. The van der Waals surface area contributed by atoms with Crippen molar-refractivity contribution in [2.45, 2.75) is 32.1 Å². The van der Waals surface area contributed by atoms with E-state index >= 15 is 0 Å². The SMILES string of the molecule is CN1C(=O)C(C)(C)c2cc3[nH]c(CCc4ccc5c(c4)OCO5)nc3cc21. The number of ether oxygens (including phenoxy) is 2. The molecule has 0 unspecified atom stereocenters. The Labute approximate surface area is 157 Å². The van der Waals surface area contributed by atoms with Crippen LogP contribution in [-0.4, -0.2) is 29.7 Å². The van der Waals surface area contributed by atoms with Gasteiger partial charge in [-0.05, 0) is 55.7 Å². The average molecular weight is 363 g/mol. The van der Waals surface area contributed by atoms with Gasteiger partial charge in [0.2, 0.25) is 12.7 Å². The van der Waals surface area contributed by atoms with Crippen molar-refractivity contribution in [3.8, 4) is 11.5 Å². The number of aromatic amines is 1. The van der Waals surface area contributed by atoms with Gasteiger partial charge in [-0.2, -0.15) is 0 Å². The van der Waals surface area contributed by atoms with Crippen molar-refractivity contribution >= 4 is 22.6 Å². The summed E-state index contributed by atoms with van der Waals surface area (Å²) in [6.45, 7) is 4.24. The lowest BCUT2D eigenvalue weighted by molar-refractivity contribution is -0.121. The molecule has 2 aliphatic heterocycles. The molecule has 0 spiro atoms. The van der Waals surface area contributed by atoms with Gasteiger partial charge in [0.05, 0.1) is 16.4 Å². The van der Waals surface area contributed by atoms with Crippen LogP contribution in [0.2, 0.25) is 0 Å². The van der Waals surface area contributed by atoms with Crippen LogP contribution in [0.15, 0.2) is 30.3 Å². The largest absolute Gasteiger partial charge is 0.454 e. The highest BCUT2D eigenvalue weighted by molar-refractivity contribution is 6.09. The zero-order valence-electron chi connectivity index (χ0n) is 15.6. The zero-order chi connectivity index (χ0) is 18.8. The fourth-order valence-electron chi connectivity index (χ4n) is 4.00. The van der Waals surface area contributed by atoms with Crippen molar-refractivity contribution in [1.82, 2.24) is 9.97 Å². The molecular weight excluding hydrogens is 342 g/mol. The van der Waals surface area contributed by atoms with Crippen molar-refractivity contribution in [3.63, 3.8) is 0 Å². The number of nitrogens with one attached hydrogen (secondary N) is 1. The van der Waals surface area contributed by atoms with Crippen molar-refractivity contribution in [1.29, 1.82) is 0 Å². The van der Waals surface area contributed by atoms with Crippen molar-refractivity contribution < 1.29 is 14.3 Å². The Hall–Kier alpha value is -3.02. The maximum Gasteiger partial charge on any atom is 0.236 e. The van der Waals surface area contributed by atoms with Crippen LogP contribution in [-0.2, 0) is 23.1 Å². The molecule has 3 aromatic rings. The Kier molecular flexibility index (Phi) is 3.29. The van der Waals surface area contributed by atoms with Gasteiger partial charge in [0.1, 0.15) is 5.82 Å². The van der Waals surface area contributed by atoms with E-state index in [1.165, 1.54) is 5.56 Å². The van der Waals surface area contributed by atoms with Crippen LogP contribution in [0.4, 0.5) is 5.69 Å². The molecule has 6 heteroatoms. The first-order valence-corrected chi connectivity index (χ1v) is 9.13. The second-order valence-corrected chi connectivity index (χ2v) is 7.75. The third-order valence-corrected chi connectivity index (χ3v) is 5.61. The number of anilines is 1. The molecule has 0 saturated heterocycles. The van der Waals surface area contributed by atoms with Gasteiger partial charge in [-0.3, -0.25) is 4.79 Å². The van der Waals surface area contributed by atoms with Crippen molar-refractivity contribution in [3.05, 3.63) is 47.3 Å². The Morgan fingerprint density at radius 3 is 2.81 bits per heavy atom. The summed E-state index contributed by atoms with van der Waals surface area (Å²) in [4.78, 5) is 22.4. The minimum atomic E-state index is -0.504. The van der Waals surface area contributed by atoms with E-state index in [4.69, 9.17) is 14.5 Å². The van der Waals surface area contributed by atoms with Gasteiger partial charge in [0.15, 0.2) is 11.5 Å². The normalized spacial score (nSPS) is 17.0. The summed E-state index contributed by atoms with van der Waals surface area (Å²) in [6.07, 6.45) is 1.66. The highest BCUT2D eigenvalue weighted by atomic mass is 16.7. The van der Waals surface area contributed by atoms with E-state index in [1.807, 2.05) is 39.1 Å². The lowest BCUT2D eigenvalue weighted by atomic mass is 9.86. The van der Waals surface area contributed by atoms with Crippen LogP contribution >= 0.6 is 0 Å². The Bertz CT molecular complexity index is 1080. The lowest BCUT2D eigenvalue weighted by Crippen LogP contribution is -2.33. The number of H-pyrrole nitrogens is 1. The Balaban J connectivity index is 1.42. The second-order valence-electron chi connectivity index (χ2n) is 7.75. The molecule has 27 heavy (non-hydrogen) atoms. The van der Waals surface area contributed by atoms with Crippen LogP contribution in [0.5, 0.6) is 11.5 Å². The number of hydrogen-bond donors (Lipinski definition) is 1. The summed E-state index contributed by atoms with van der Waals surface area (Å²) >= 11 is 0. The molecular formula is C21H21N3O3. The van der Waals surface area contributed by atoms with Crippen LogP contribution in [0.3, 0.4) is 0 Å². The molecule has 0 atom stereocenters. The molecule has 138 valence electrons. The number of rotatable bonds is 3. The van der Waals surface area contributed by atoms with E-state index in [-0.39, 0.29) is 5.91 Å². The molecule has 5 rings (SSSR count). The van der Waals surface area contributed by atoms with Crippen LogP contribution in [0.1, 0.15) is 30.8 Å². The smallest absolute Gasteiger partial charge is 0.236 e. The second kappa shape index (κ2) is 5.49. The molecule has 0 saturated carbocycles. The minimum absolute atomic E-state index is 0.119. The van der Waals surface area contributed by atoms with Gasteiger partial charge in [-0.15, -0.1) is 0 Å². The third kappa shape index (κ3) is 2.40. The number of aromatic nitrogens is 2. The highest BCUT2D eigenvalue weighted by Gasteiger charge is 2.42. The minimum Gasteiger partial charge on any atom is -0.454 e. The summed E-state index contributed by atoms with van der Waals surface area (Å²) in [5.41, 5.74) is 4.56. The molecule has 1 amide bonds. The molecule has 6 nitrogen and oxygen atoms in total. The summed E-state index contributed by atoms with van der Waals surface area (Å²) in [7, 11) is 1.83. The summed E-state index contributed by atoms with van der Waals surface area (Å²) < 4.78 is 10.8. The fourth-order valence-corrected chi connectivity index (χ4v) is 4.00. The molecule has 0 aliphatic carbocycles. The van der Waals surface area contributed by atoms with Gasteiger partial charge in [0, 0.05) is 19.2 Å². The number of benzene rings is 2. The van der Waals surface area contributed by atoms with E-state index in [2.05, 4.69) is 17.1 Å². The predicted octanol–water partition coefficient (Wildman–Crippen LogP) is 3.33. The molecule has 1 N–H and O–H groups in total. The number of aryl methyl sites for hydroxylation is 2. The molecule has 3 heterocycles. The van der Waals surface area contributed by atoms with Crippen LogP contribution in [0, 0.1) is 0 Å². The topological polar surface area (TPSA) is 67.5 Å². The third-order valence-electron chi connectivity index (χ3n) is 5.61. The first-order valence-electron chi connectivity index (χ1n) is 9.13. The number of carbonyl (C=O) groups is 1. The number of carbonyl (C=O) groups excluding carboxylic acids is 1. The Morgan fingerprint density at radius 1 is 1.15 bits per heavy atom. The number of hydrogen-bond acceptors (Lipinski definition) is 4. The number of nitrogens with zero attached hydrogens (tertiary/aromatic N) is 2. The highest BCUT2D eigenvalue weighted by Crippen LogP contribution is 2.42. The van der Waals surface area contributed by atoms with Gasteiger partial charge in [-0.25, -0.2) is 4.98 Å². The average Bonchev–Trinajstić information content (AvgIpc) is 3.32. The maximum atomic E-state index is 12.5. The molecule has 0 radical (unpaired) electrons. The molecule has 2 aliphatic rings. The first-order chi connectivity index (χ1) is 12.9. The van der Waals surface area contributed by atoms with Gasteiger partial charge in [-0.1, -0.05) is 6.07 Å². The monoisotopic (exact) mass is 363 g/mol. The molecule has 0 bridgehead atoms. The van der Waals surface area contributed by atoms with E-state index in [9.17, 15) is 4.79 Å². The lowest BCUT2D eigenvalue weighted by Gasteiger charge is -2.16. The Morgan fingerprint density at radius 2 is 1.96 bits per heavy atom. The van der Waals surface area contributed by atoms with Crippen LogP contribution in [0.25, 0.3) is 11.0 Å². The van der Waals surface area contributed by atoms with E-state index in [1.54, 1.807) is 4.90 Å². The van der Waals surface area contributed by atoms with Gasteiger partial charge >= 0.3 is 0 Å². The summed E-state index contributed by atoms with van der Waals surface area (Å²) in [5.74, 6) is 2.67. The number of fused-ring (bicyclic) bond motifs is 3. The van der Waals surface area contributed by atoms with Gasteiger partial charge < -0.3 is 19.4 Å². The number of likely N-dealkylation sites (N-methyl/N-ethyl adjacent to an activating group) is 1. The predicted molar refractivity (Wildman–Crippen MR) is 103 cm³/mol. The zero-order valence-corrected chi connectivity index (χ0v) is 15.6.